The number of halogens is 3. The van der Waals surface area contributed by atoms with Gasteiger partial charge in [0.1, 0.15) is 6.61 Å². The number of hydrogen-bond acceptors (Lipinski definition) is 4. The molecule has 0 atom stereocenters. The van der Waals surface area contributed by atoms with Crippen LogP contribution in [0.1, 0.15) is 19.0 Å². The van der Waals surface area contributed by atoms with E-state index in [9.17, 15) is 13.2 Å². The third-order valence-corrected chi connectivity index (χ3v) is 1.86. The van der Waals surface area contributed by atoms with Crippen LogP contribution in [0, 0.1) is 0 Å². The van der Waals surface area contributed by atoms with Crippen molar-refractivity contribution in [3.63, 3.8) is 0 Å². The number of nitrogens with zero attached hydrogens (tertiary/aromatic N) is 2. The number of alkyl halides is 3. The van der Waals surface area contributed by atoms with Crippen molar-refractivity contribution in [2.75, 3.05) is 19.7 Å². The minimum Gasteiger partial charge on any atom is -0.462 e. The molecule has 0 radical (unpaired) electrons. The van der Waals surface area contributed by atoms with E-state index >= 15 is 0 Å². The lowest BCUT2D eigenvalue weighted by Gasteiger charge is -2.08. The van der Waals surface area contributed by atoms with Crippen LogP contribution in [0.5, 0.6) is 6.01 Å². The second-order valence-corrected chi connectivity index (χ2v) is 3.32. The van der Waals surface area contributed by atoms with E-state index in [4.69, 9.17) is 4.74 Å². The van der Waals surface area contributed by atoms with Gasteiger partial charge in [0.15, 0.2) is 5.69 Å². The molecule has 7 heteroatoms. The highest BCUT2D eigenvalue weighted by atomic mass is 19.4. The van der Waals surface area contributed by atoms with Crippen LogP contribution >= 0.6 is 0 Å². The molecule has 1 rings (SSSR count). The van der Waals surface area contributed by atoms with E-state index in [2.05, 4.69) is 15.3 Å². The summed E-state index contributed by atoms with van der Waals surface area (Å²) in [5.74, 6) is 0. The number of aromatic nitrogens is 2. The molecule has 0 bridgehead atoms. The molecule has 1 heterocycles. The summed E-state index contributed by atoms with van der Waals surface area (Å²) in [6.45, 7) is 3.64. The zero-order chi connectivity index (χ0) is 12.7. The normalized spacial score (nSPS) is 11.5. The zero-order valence-electron chi connectivity index (χ0n) is 9.42. The SMILES string of the molecule is CCCNCCOc1nccc(C(F)(F)F)n1. The molecular formula is C10H14F3N3O. The molecule has 0 aliphatic heterocycles. The van der Waals surface area contributed by atoms with Crippen LogP contribution in [0.3, 0.4) is 0 Å². The van der Waals surface area contributed by atoms with Gasteiger partial charge >= 0.3 is 12.2 Å². The van der Waals surface area contributed by atoms with Crippen LogP contribution in [0.2, 0.25) is 0 Å². The number of nitrogens with one attached hydrogen (secondary N) is 1. The largest absolute Gasteiger partial charge is 0.462 e. The second kappa shape index (κ2) is 6.39. The molecule has 1 N–H and O–H groups in total. The van der Waals surface area contributed by atoms with Crippen molar-refractivity contribution in [2.45, 2.75) is 19.5 Å². The summed E-state index contributed by atoms with van der Waals surface area (Å²) in [7, 11) is 0. The van der Waals surface area contributed by atoms with Crippen LogP contribution < -0.4 is 10.1 Å². The topological polar surface area (TPSA) is 47.0 Å². The van der Waals surface area contributed by atoms with E-state index in [1.807, 2.05) is 6.92 Å². The second-order valence-electron chi connectivity index (χ2n) is 3.32. The molecule has 0 aromatic carbocycles. The number of hydrogen-bond donors (Lipinski definition) is 1. The Morgan fingerprint density at radius 2 is 2.12 bits per heavy atom. The fourth-order valence-electron chi connectivity index (χ4n) is 1.08. The van der Waals surface area contributed by atoms with E-state index in [1.165, 1.54) is 0 Å². The van der Waals surface area contributed by atoms with Crippen LogP contribution in [-0.2, 0) is 6.18 Å². The van der Waals surface area contributed by atoms with Crippen LogP contribution in [-0.4, -0.2) is 29.7 Å². The summed E-state index contributed by atoms with van der Waals surface area (Å²) in [6, 6.07) is 0.556. The first-order valence-electron chi connectivity index (χ1n) is 5.27. The Balaban J connectivity index is 2.44. The van der Waals surface area contributed by atoms with Crippen LogP contribution in [0.4, 0.5) is 13.2 Å². The summed E-state index contributed by atoms with van der Waals surface area (Å²) in [4.78, 5) is 6.89. The molecule has 0 aliphatic rings. The van der Waals surface area contributed by atoms with E-state index in [0.29, 0.717) is 6.54 Å². The molecule has 0 saturated heterocycles. The van der Waals surface area contributed by atoms with Crippen molar-refractivity contribution in [1.82, 2.24) is 15.3 Å². The highest BCUT2D eigenvalue weighted by molar-refractivity contribution is 5.08. The van der Waals surface area contributed by atoms with E-state index < -0.39 is 11.9 Å². The third-order valence-electron chi connectivity index (χ3n) is 1.86. The lowest BCUT2D eigenvalue weighted by Crippen LogP contribution is -2.22. The highest BCUT2D eigenvalue weighted by Gasteiger charge is 2.32. The van der Waals surface area contributed by atoms with Gasteiger partial charge in [0.2, 0.25) is 0 Å². The molecule has 0 aliphatic carbocycles. The fraction of sp³-hybridized carbons (Fsp3) is 0.600. The molecule has 17 heavy (non-hydrogen) atoms. The number of rotatable bonds is 6. The Bertz CT molecular complexity index is 344. The molecule has 1 aromatic rings. The first-order chi connectivity index (χ1) is 8.04. The Kier molecular flexibility index (Phi) is 5.14. The Hall–Kier alpha value is -1.37. The van der Waals surface area contributed by atoms with Gasteiger partial charge in [-0.05, 0) is 19.0 Å². The Morgan fingerprint density at radius 3 is 2.76 bits per heavy atom. The highest BCUT2D eigenvalue weighted by Crippen LogP contribution is 2.27. The van der Waals surface area contributed by atoms with Crippen molar-refractivity contribution in [3.05, 3.63) is 18.0 Å². The number of ether oxygens (including phenoxy) is 1. The molecule has 4 nitrogen and oxygen atoms in total. The smallest absolute Gasteiger partial charge is 0.433 e. The van der Waals surface area contributed by atoms with E-state index in [1.54, 1.807) is 0 Å². The average Bonchev–Trinajstić information content (AvgIpc) is 2.28. The maximum absolute atomic E-state index is 12.3. The standard InChI is InChI=1S/C10H14F3N3O/c1-2-4-14-6-7-17-9-15-5-3-8(16-9)10(11,12)13/h3,5,14H,2,4,6-7H2,1H3. The Labute approximate surface area is 97.2 Å². The minimum absolute atomic E-state index is 0.237. The predicted octanol–water partition coefficient (Wildman–Crippen LogP) is 1.87. The molecule has 0 spiro atoms. The molecular weight excluding hydrogens is 235 g/mol. The molecule has 1 aromatic heterocycles. The van der Waals surface area contributed by atoms with Gasteiger partial charge in [-0.3, -0.25) is 0 Å². The maximum atomic E-state index is 12.3. The fourth-order valence-corrected chi connectivity index (χ4v) is 1.08. The zero-order valence-corrected chi connectivity index (χ0v) is 9.42. The van der Waals surface area contributed by atoms with Gasteiger partial charge in [0, 0.05) is 12.7 Å². The van der Waals surface area contributed by atoms with Gasteiger partial charge in [-0.1, -0.05) is 6.92 Å². The predicted molar refractivity (Wildman–Crippen MR) is 55.7 cm³/mol. The van der Waals surface area contributed by atoms with Crippen molar-refractivity contribution in [2.24, 2.45) is 0 Å². The van der Waals surface area contributed by atoms with Crippen molar-refractivity contribution >= 4 is 0 Å². The van der Waals surface area contributed by atoms with Crippen LogP contribution in [0.25, 0.3) is 0 Å². The lowest BCUT2D eigenvalue weighted by molar-refractivity contribution is -0.141. The van der Waals surface area contributed by atoms with E-state index in [0.717, 1.165) is 25.2 Å². The quantitative estimate of drug-likeness (QED) is 0.782. The van der Waals surface area contributed by atoms with Gasteiger partial charge in [0.05, 0.1) is 0 Å². The summed E-state index contributed by atoms with van der Waals surface area (Å²) in [5, 5.41) is 3.05. The van der Waals surface area contributed by atoms with Crippen molar-refractivity contribution in [1.29, 1.82) is 0 Å². The minimum atomic E-state index is -4.47. The van der Waals surface area contributed by atoms with Crippen molar-refractivity contribution < 1.29 is 17.9 Å². The summed E-state index contributed by atoms with van der Waals surface area (Å²) in [5.41, 5.74) is -0.996. The lowest BCUT2D eigenvalue weighted by atomic mass is 10.4. The van der Waals surface area contributed by atoms with Gasteiger partial charge in [0.25, 0.3) is 0 Å². The van der Waals surface area contributed by atoms with Gasteiger partial charge in [-0.25, -0.2) is 4.98 Å². The molecule has 0 saturated carbocycles. The first-order valence-corrected chi connectivity index (χ1v) is 5.27. The van der Waals surface area contributed by atoms with Crippen LogP contribution in [0.15, 0.2) is 12.3 Å². The van der Waals surface area contributed by atoms with Gasteiger partial charge < -0.3 is 10.1 Å². The van der Waals surface area contributed by atoms with E-state index in [-0.39, 0.29) is 12.6 Å². The summed E-state index contributed by atoms with van der Waals surface area (Å²) in [6.07, 6.45) is -2.45. The first kappa shape index (κ1) is 13.7. The Morgan fingerprint density at radius 1 is 1.35 bits per heavy atom. The molecule has 0 unspecified atom stereocenters. The average molecular weight is 249 g/mol. The molecule has 0 fully saturated rings. The third kappa shape index (κ3) is 4.99. The molecule has 96 valence electrons. The van der Waals surface area contributed by atoms with Gasteiger partial charge in [-0.2, -0.15) is 18.2 Å². The summed E-state index contributed by atoms with van der Waals surface area (Å²) < 4.78 is 41.9. The summed E-state index contributed by atoms with van der Waals surface area (Å²) >= 11 is 0. The maximum Gasteiger partial charge on any atom is 0.433 e. The monoisotopic (exact) mass is 249 g/mol. The van der Waals surface area contributed by atoms with Gasteiger partial charge in [-0.15, -0.1) is 0 Å². The van der Waals surface area contributed by atoms with Crippen molar-refractivity contribution in [3.8, 4) is 6.01 Å². The molecule has 0 amide bonds.